The lowest BCUT2D eigenvalue weighted by atomic mass is 9.94. The molecule has 0 bridgehead atoms. The molecule has 0 aliphatic carbocycles. The zero-order valence-electron chi connectivity index (χ0n) is 9.83. The monoisotopic (exact) mass is 218 g/mol. The summed E-state index contributed by atoms with van der Waals surface area (Å²) >= 11 is 0. The second kappa shape index (κ2) is 5.47. The van der Waals surface area contributed by atoms with Crippen LogP contribution in [0.25, 0.3) is 0 Å². The Bertz CT molecular complexity index is 360. The number of nitrogens with two attached hydrogens (primary N) is 1. The van der Waals surface area contributed by atoms with E-state index in [0.29, 0.717) is 12.2 Å². The van der Waals surface area contributed by atoms with Crippen LogP contribution in [0.5, 0.6) is 0 Å². The molecule has 0 saturated carbocycles. The lowest BCUT2D eigenvalue weighted by Gasteiger charge is -2.27. The summed E-state index contributed by atoms with van der Waals surface area (Å²) in [5.41, 5.74) is 7.32. The van der Waals surface area contributed by atoms with Crippen LogP contribution in [0.4, 0.5) is 5.69 Å². The molecule has 1 heterocycles. The van der Waals surface area contributed by atoms with Gasteiger partial charge >= 0.3 is 0 Å². The Morgan fingerprint density at radius 1 is 1.44 bits per heavy atom. The second-order valence-corrected chi connectivity index (χ2v) is 3.97. The molecule has 1 aromatic heterocycles. The van der Waals surface area contributed by atoms with Gasteiger partial charge in [0.05, 0.1) is 11.9 Å². The first kappa shape index (κ1) is 12.5. The molecule has 0 aliphatic rings. The fourth-order valence-electron chi connectivity index (χ4n) is 1.34. The van der Waals surface area contributed by atoms with Gasteiger partial charge < -0.3 is 11.1 Å². The van der Waals surface area contributed by atoms with Crippen molar-refractivity contribution in [2.45, 2.75) is 32.2 Å². The Kier molecular flexibility index (Phi) is 4.27. The maximum absolute atomic E-state index is 8.61. The van der Waals surface area contributed by atoms with E-state index in [1.165, 1.54) is 0 Å². The highest BCUT2D eigenvalue weighted by molar-refractivity contribution is 5.43. The number of pyridine rings is 1. The Balaban J connectivity index is 2.58. The molecule has 0 aliphatic heterocycles. The van der Waals surface area contributed by atoms with E-state index in [4.69, 9.17) is 11.0 Å². The van der Waals surface area contributed by atoms with E-state index < -0.39 is 0 Å². The highest BCUT2D eigenvalue weighted by Gasteiger charge is 2.19. The molecular weight excluding hydrogens is 200 g/mol. The highest BCUT2D eigenvalue weighted by atomic mass is 14.9. The number of hydrogen-bond donors (Lipinski definition) is 2. The van der Waals surface area contributed by atoms with Crippen LogP contribution in [0.3, 0.4) is 0 Å². The van der Waals surface area contributed by atoms with Gasteiger partial charge in [0.25, 0.3) is 0 Å². The number of hydrogen-bond acceptors (Lipinski definition) is 4. The Morgan fingerprint density at radius 3 is 2.56 bits per heavy atom. The molecule has 0 fully saturated rings. The van der Waals surface area contributed by atoms with Gasteiger partial charge in [-0.15, -0.1) is 0 Å². The summed E-state index contributed by atoms with van der Waals surface area (Å²) in [4.78, 5) is 3.99. The molecule has 4 nitrogen and oxygen atoms in total. The van der Waals surface area contributed by atoms with Crippen LogP contribution >= 0.6 is 0 Å². The zero-order valence-corrected chi connectivity index (χ0v) is 9.83. The van der Waals surface area contributed by atoms with Crippen molar-refractivity contribution in [3.8, 4) is 6.07 Å². The maximum atomic E-state index is 8.61. The number of aromatic nitrogens is 1. The molecule has 1 aromatic rings. The summed E-state index contributed by atoms with van der Waals surface area (Å²) in [7, 11) is 0. The van der Waals surface area contributed by atoms with Gasteiger partial charge in [-0.3, -0.25) is 0 Å². The van der Waals surface area contributed by atoms with E-state index in [0.717, 1.165) is 18.5 Å². The molecule has 4 heteroatoms. The normalized spacial score (nSPS) is 10.9. The molecule has 1 rings (SSSR count). The van der Waals surface area contributed by atoms with E-state index in [1.54, 1.807) is 12.3 Å². The quantitative estimate of drug-likeness (QED) is 0.791. The summed E-state index contributed by atoms with van der Waals surface area (Å²) < 4.78 is 0. The molecule has 16 heavy (non-hydrogen) atoms. The third-order valence-electron chi connectivity index (χ3n) is 2.93. The molecule has 0 unspecified atom stereocenters. The van der Waals surface area contributed by atoms with Gasteiger partial charge in [0, 0.05) is 12.1 Å². The van der Waals surface area contributed by atoms with Gasteiger partial charge in [-0.05, 0) is 25.0 Å². The van der Waals surface area contributed by atoms with E-state index in [9.17, 15) is 0 Å². The third kappa shape index (κ3) is 3.21. The minimum atomic E-state index is -0.173. The molecule has 0 spiro atoms. The van der Waals surface area contributed by atoms with Gasteiger partial charge in [0.15, 0.2) is 0 Å². The molecule has 86 valence electrons. The third-order valence-corrected chi connectivity index (χ3v) is 2.93. The smallest absolute Gasteiger partial charge is 0.140 e. The van der Waals surface area contributed by atoms with Gasteiger partial charge in [0.1, 0.15) is 11.8 Å². The number of nitriles is 1. The highest BCUT2D eigenvalue weighted by Crippen LogP contribution is 2.13. The number of nitrogens with zero attached hydrogens (tertiary/aromatic N) is 2. The van der Waals surface area contributed by atoms with Crippen molar-refractivity contribution in [1.82, 2.24) is 4.98 Å². The van der Waals surface area contributed by atoms with Crippen LogP contribution in [-0.2, 0) is 0 Å². The zero-order chi connectivity index (χ0) is 12.0. The number of anilines is 1. The lowest BCUT2D eigenvalue weighted by molar-refractivity contribution is 0.418. The Hall–Kier alpha value is -1.60. The van der Waals surface area contributed by atoms with Crippen molar-refractivity contribution in [2.24, 2.45) is 5.73 Å². The lowest BCUT2D eigenvalue weighted by Crippen LogP contribution is -2.45. The Morgan fingerprint density at radius 2 is 2.12 bits per heavy atom. The van der Waals surface area contributed by atoms with Crippen LogP contribution in [0.2, 0.25) is 0 Å². The van der Waals surface area contributed by atoms with Crippen molar-refractivity contribution in [1.29, 1.82) is 5.26 Å². The van der Waals surface area contributed by atoms with E-state index in [2.05, 4.69) is 24.1 Å². The summed E-state index contributed by atoms with van der Waals surface area (Å²) in [5, 5.41) is 11.9. The molecule has 0 atom stereocenters. The number of nitrogens with one attached hydrogen (secondary N) is 1. The van der Waals surface area contributed by atoms with Crippen LogP contribution in [0.1, 0.15) is 32.4 Å². The fourth-order valence-corrected chi connectivity index (χ4v) is 1.34. The second-order valence-electron chi connectivity index (χ2n) is 3.97. The SMILES string of the molecule is CCC(N)(CC)CNc1ccc(C#N)nc1. The van der Waals surface area contributed by atoms with Crippen molar-refractivity contribution >= 4 is 5.69 Å². The van der Waals surface area contributed by atoms with Crippen LogP contribution in [0, 0.1) is 11.3 Å². The van der Waals surface area contributed by atoms with Crippen molar-refractivity contribution < 1.29 is 0 Å². The maximum Gasteiger partial charge on any atom is 0.140 e. The summed E-state index contributed by atoms with van der Waals surface area (Å²) in [6, 6.07) is 5.52. The van der Waals surface area contributed by atoms with Gasteiger partial charge in [-0.1, -0.05) is 13.8 Å². The first-order valence-corrected chi connectivity index (χ1v) is 5.52. The van der Waals surface area contributed by atoms with Crippen molar-refractivity contribution in [3.05, 3.63) is 24.0 Å². The molecule has 0 radical (unpaired) electrons. The fraction of sp³-hybridized carbons (Fsp3) is 0.500. The molecule has 3 N–H and O–H groups in total. The summed E-state index contributed by atoms with van der Waals surface area (Å²) in [6.45, 7) is 4.89. The summed E-state index contributed by atoms with van der Waals surface area (Å²) in [5.74, 6) is 0. The average molecular weight is 218 g/mol. The van der Waals surface area contributed by atoms with E-state index in [1.807, 2.05) is 12.1 Å². The summed E-state index contributed by atoms with van der Waals surface area (Å²) in [6.07, 6.45) is 3.52. The van der Waals surface area contributed by atoms with Crippen LogP contribution in [-0.4, -0.2) is 17.1 Å². The van der Waals surface area contributed by atoms with Gasteiger partial charge in [-0.2, -0.15) is 5.26 Å². The van der Waals surface area contributed by atoms with Crippen molar-refractivity contribution in [2.75, 3.05) is 11.9 Å². The topological polar surface area (TPSA) is 74.7 Å². The molecule has 0 aromatic carbocycles. The minimum Gasteiger partial charge on any atom is -0.382 e. The molecule has 0 amide bonds. The first-order valence-electron chi connectivity index (χ1n) is 5.52. The van der Waals surface area contributed by atoms with E-state index >= 15 is 0 Å². The van der Waals surface area contributed by atoms with Crippen LogP contribution in [0.15, 0.2) is 18.3 Å². The first-order chi connectivity index (χ1) is 7.63. The molecular formula is C12H18N4. The van der Waals surface area contributed by atoms with Gasteiger partial charge in [0.2, 0.25) is 0 Å². The largest absolute Gasteiger partial charge is 0.382 e. The predicted octanol–water partition coefficient (Wildman–Crippen LogP) is 1.88. The van der Waals surface area contributed by atoms with Gasteiger partial charge in [-0.25, -0.2) is 4.98 Å². The molecule has 0 saturated heterocycles. The standard InChI is InChI=1S/C12H18N4/c1-3-12(14,4-2)9-16-11-6-5-10(7-13)15-8-11/h5-6,8,16H,3-4,9,14H2,1-2H3. The predicted molar refractivity (Wildman–Crippen MR) is 64.9 cm³/mol. The Labute approximate surface area is 96.5 Å². The number of rotatable bonds is 5. The van der Waals surface area contributed by atoms with Crippen LogP contribution < -0.4 is 11.1 Å². The van der Waals surface area contributed by atoms with Crippen molar-refractivity contribution in [3.63, 3.8) is 0 Å². The average Bonchev–Trinajstić information content (AvgIpc) is 2.36. The minimum absolute atomic E-state index is 0.173. The van der Waals surface area contributed by atoms with E-state index in [-0.39, 0.29) is 5.54 Å².